The molecule has 0 saturated carbocycles. The van der Waals surface area contributed by atoms with Crippen molar-refractivity contribution in [2.45, 2.75) is 37.9 Å². The zero-order chi connectivity index (χ0) is 15.2. The first kappa shape index (κ1) is 15.9. The van der Waals surface area contributed by atoms with Gasteiger partial charge in [-0.3, -0.25) is 9.69 Å². The highest BCUT2D eigenvalue weighted by Crippen LogP contribution is 2.21. The van der Waals surface area contributed by atoms with Crippen molar-refractivity contribution in [3.63, 3.8) is 0 Å². The largest absolute Gasteiger partial charge is 0.367 e. The van der Waals surface area contributed by atoms with E-state index in [4.69, 9.17) is 5.73 Å². The molecule has 1 radical (unpaired) electrons. The standard InChI is InChI=1S/C16H21F2N2O/c17-13-6-4-12(5-7-13)8-10-20-9-2-1-3-14(20)11-15(18)16(19)21/h4-7,11,14-15H,1-3,8-10H2,(H2,19,21). The van der Waals surface area contributed by atoms with Gasteiger partial charge in [0.05, 0.1) is 0 Å². The van der Waals surface area contributed by atoms with E-state index >= 15 is 0 Å². The number of carbonyl (C=O) groups excluding carboxylic acids is 1. The summed E-state index contributed by atoms with van der Waals surface area (Å²) in [6, 6.07) is 6.36. The maximum atomic E-state index is 13.5. The number of carbonyl (C=O) groups is 1. The van der Waals surface area contributed by atoms with Crippen LogP contribution in [0.25, 0.3) is 0 Å². The van der Waals surface area contributed by atoms with Crippen molar-refractivity contribution < 1.29 is 13.6 Å². The molecule has 2 N–H and O–H groups in total. The predicted octanol–water partition coefficient (Wildman–Crippen LogP) is 2.25. The van der Waals surface area contributed by atoms with E-state index in [0.29, 0.717) is 0 Å². The third-order valence-electron chi connectivity index (χ3n) is 3.93. The molecule has 2 atom stereocenters. The second-order valence-electron chi connectivity index (χ2n) is 5.47. The number of nitrogens with zero attached hydrogens (tertiary/aromatic N) is 1. The zero-order valence-corrected chi connectivity index (χ0v) is 12.0. The van der Waals surface area contributed by atoms with Crippen LogP contribution < -0.4 is 5.73 Å². The van der Waals surface area contributed by atoms with E-state index < -0.39 is 12.1 Å². The fourth-order valence-corrected chi connectivity index (χ4v) is 2.73. The van der Waals surface area contributed by atoms with Gasteiger partial charge in [0.15, 0.2) is 6.17 Å². The number of alkyl halides is 1. The molecule has 2 rings (SSSR count). The van der Waals surface area contributed by atoms with Crippen LogP contribution in [-0.2, 0) is 11.2 Å². The average molecular weight is 295 g/mol. The molecule has 1 heterocycles. The molecule has 2 unspecified atom stereocenters. The molecule has 1 aromatic rings. The minimum Gasteiger partial charge on any atom is -0.367 e. The van der Waals surface area contributed by atoms with Crippen molar-refractivity contribution in [3.05, 3.63) is 42.1 Å². The van der Waals surface area contributed by atoms with Crippen molar-refractivity contribution in [1.29, 1.82) is 0 Å². The summed E-state index contributed by atoms with van der Waals surface area (Å²) in [5.74, 6) is -1.18. The summed E-state index contributed by atoms with van der Waals surface area (Å²) >= 11 is 0. The van der Waals surface area contributed by atoms with E-state index in [-0.39, 0.29) is 11.9 Å². The quantitative estimate of drug-likeness (QED) is 0.875. The minimum absolute atomic E-state index is 0.0540. The number of likely N-dealkylation sites (tertiary alicyclic amines) is 1. The summed E-state index contributed by atoms with van der Waals surface area (Å²) in [7, 11) is 0. The Hall–Kier alpha value is -1.49. The van der Waals surface area contributed by atoms with Gasteiger partial charge in [0, 0.05) is 19.0 Å². The number of amides is 1. The number of rotatable bonds is 6. The molecule has 1 aliphatic heterocycles. The van der Waals surface area contributed by atoms with Gasteiger partial charge in [-0.2, -0.15) is 0 Å². The summed E-state index contributed by atoms with van der Waals surface area (Å²) in [5.41, 5.74) is 6.03. The fourth-order valence-electron chi connectivity index (χ4n) is 2.73. The normalized spacial score (nSPS) is 21.1. The lowest BCUT2D eigenvalue weighted by Crippen LogP contribution is -2.44. The Kier molecular flexibility index (Phi) is 5.67. The molecule has 5 heteroatoms. The van der Waals surface area contributed by atoms with E-state index in [2.05, 4.69) is 4.90 Å². The maximum absolute atomic E-state index is 13.5. The lowest BCUT2D eigenvalue weighted by atomic mass is 9.96. The van der Waals surface area contributed by atoms with E-state index in [9.17, 15) is 13.6 Å². The lowest BCUT2D eigenvalue weighted by molar-refractivity contribution is -0.122. The summed E-state index contributed by atoms with van der Waals surface area (Å²) in [6.45, 7) is 1.64. The molecule has 0 aromatic heterocycles. The Morgan fingerprint density at radius 2 is 2.10 bits per heavy atom. The molecule has 115 valence electrons. The first-order valence-corrected chi connectivity index (χ1v) is 7.33. The van der Waals surface area contributed by atoms with Crippen LogP contribution in [0.4, 0.5) is 8.78 Å². The second-order valence-corrected chi connectivity index (χ2v) is 5.47. The van der Waals surface area contributed by atoms with Gasteiger partial charge in [-0.1, -0.05) is 18.6 Å². The van der Waals surface area contributed by atoms with Gasteiger partial charge in [0.1, 0.15) is 5.82 Å². The SMILES string of the molecule is NC(=O)C(F)[CH]C1CCCCN1CCc1ccc(F)cc1. The summed E-state index contributed by atoms with van der Waals surface area (Å²) in [5, 5.41) is 0. The smallest absolute Gasteiger partial charge is 0.252 e. The molecule has 21 heavy (non-hydrogen) atoms. The van der Waals surface area contributed by atoms with Crippen LogP contribution in [0.3, 0.4) is 0 Å². The molecule has 1 amide bonds. The maximum Gasteiger partial charge on any atom is 0.252 e. The second kappa shape index (κ2) is 7.50. The molecule has 1 fully saturated rings. The third kappa shape index (κ3) is 4.77. The van der Waals surface area contributed by atoms with Crippen LogP contribution in [0, 0.1) is 12.2 Å². The number of nitrogens with two attached hydrogens (primary N) is 1. The first-order valence-electron chi connectivity index (χ1n) is 7.33. The minimum atomic E-state index is -1.69. The van der Waals surface area contributed by atoms with Crippen molar-refractivity contribution in [2.75, 3.05) is 13.1 Å². The molecule has 0 bridgehead atoms. The van der Waals surface area contributed by atoms with Crippen LogP contribution in [0.5, 0.6) is 0 Å². The van der Waals surface area contributed by atoms with Crippen molar-refractivity contribution in [1.82, 2.24) is 4.90 Å². The van der Waals surface area contributed by atoms with Crippen LogP contribution in [-0.4, -0.2) is 36.1 Å². The Balaban J connectivity index is 1.89. The van der Waals surface area contributed by atoms with Crippen LogP contribution in [0.15, 0.2) is 24.3 Å². The molecule has 1 aromatic carbocycles. The summed E-state index contributed by atoms with van der Waals surface area (Å²) < 4.78 is 26.4. The first-order chi connectivity index (χ1) is 10.1. The van der Waals surface area contributed by atoms with E-state index in [1.54, 1.807) is 12.1 Å². The number of hydrogen-bond acceptors (Lipinski definition) is 2. The van der Waals surface area contributed by atoms with Crippen LogP contribution in [0.2, 0.25) is 0 Å². The van der Waals surface area contributed by atoms with Gasteiger partial charge in [-0.05, 0) is 43.5 Å². The fraction of sp³-hybridized carbons (Fsp3) is 0.500. The molecular formula is C16H21F2N2O. The summed E-state index contributed by atoms with van der Waals surface area (Å²) in [6.07, 6.45) is 3.43. The number of piperidine rings is 1. The number of halogens is 2. The molecule has 0 spiro atoms. The number of hydrogen-bond donors (Lipinski definition) is 1. The topological polar surface area (TPSA) is 46.3 Å². The molecule has 0 aliphatic carbocycles. The molecule has 3 nitrogen and oxygen atoms in total. The van der Waals surface area contributed by atoms with Crippen LogP contribution >= 0.6 is 0 Å². The monoisotopic (exact) mass is 295 g/mol. The molecular weight excluding hydrogens is 274 g/mol. The highest BCUT2D eigenvalue weighted by atomic mass is 19.1. The Bertz CT molecular complexity index is 464. The Morgan fingerprint density at radius 1 is 1.38 bits per heavy atom. The Morgan fingerprint density at radius 3 is 2.76 bits per heavy atom. The Labute approximate surface area is 124 Å². The van der Waals surface area contributed by atoms with Gasteiger partial charge in [0.25, 0.3) is 5.91 Å². The van der Waals surface area contributed by atoms with Crippen molar-refractivity contribution in [3.8, 4) is 0 Å². The summed E-state index contributed by atoms with van der Waals surface area (Å²) in [4.78, 5) is 13.0. The van der Waals surface area contributed by atoms with E-state index in [1.165, 1.54) is 18.6 Å². The third-order valence-corrected chi connectivity index (χ3v) is 3.93. The van der Waals surface area contributed by atoms with Crippen LogP contribution in [0.1, 0.15) is 24.8 Å². The average Bonchev–Trinajstić information content (AvgIpc) is 2.48. The van der Waals surface area contributed by atoms with Crippen molar-refractivity contribution in [2.24, 2.45) is 5.73 Å². The van der Waals surface area contributed by atoms with Gasteiger partial charge in [-0.25, -0.2) is 8.78 Å². The van der Waals surface area contributed by atoms with E-state index in [1.807, 2.05) is 0 Å². The van der Waals surface area contributed by atoms with E-state index in [0.717, 1.165) is 44.3 Å². The van der Waals surface area contributed by atoms with Crippen molar-refractivity contribution >= 4 is 5.91 Å². The zero-order valence-electron chi connectivity index (χ0n) is 12.0. The molecule has 1 saturated heterocycles. The highest BCUT2D eigenvalue weighted by Gasteiger charge is 2.27. The number of primary amides is 1. The number of benzene rings is 1. The predicted molar refractivity (Wildman–Crippen MR) is 77.7 cm³/mol. The van der Waals surface area contributed by atoms with Gasteiger partial charge in [0.2, 0.25) is 0 Å². The van der Waals surface area contributed by atoms with Gasteiger partial charge in [-0.15, -0.1) is 0 Å². The molecule has 1 aliphatic rings. The van der Waals surface area contributed by atoms with Gasteiger partial charge >= 0.3 is 0 Å². The highest BCUT2D eigenvalue weighted by molar-refractivity contribution is 5.80. The van der Waals surface area contributed by atoms with Gasteiger partial charge < -0.3 is 5.73 Å². The lowest BCUT2D eigenvalue weighted by Gasteiger charge is -2.36.